The number of carbonyl (C=O) groups is 1. The summed E-state index contributed by atoms with van der Waals surface area (Å²) in [6.45, 7) is 1.43. The van der Waals surface area contributed by atoms with Crippen molar-refractivity contribution in [2.75, 3.05) is 6.54 Å². The standard InChI is InChI=1S/C19H21N5O/c25-19-17(8-3-4-9-21-19)24-13-11-20-18(24)16-7-2-1-6-15(16)14-23-12-5-10-22-23/h1-2,5-7,10-13,17H,3-4,8-9,14H2,(H,21,25). The zero-order chi connectivity index (χ0) is 17.1. The quantitative estimate of drug-likeness (QED) is 0.797. The Morgan fingerprint density at radius 1 is 1.12 bits per heavy atom. The SMILES string of the molecule is O=C1NCCCCC1n1ccnc1-c1ccccc1Cn1cccn1. The van der Waals surface area contributed by atoms with Gasteiger partial charge in [0.1, 0.15) is 11.9 Å². The summed E-state index contributed by atoms with van der Waals surface area (Å²) in [6.07, 6.45) is 10.3. The molecule has 1 unspecified atom stereocenters. The lowest BCUT2D eigenvalue weighted by Gasteiger charge is -2.19. The van der Waals surface area contributed by atoms with Gasteiger partial charge < -0.3 is 9.88 Å². The van der Waals surface area contributed by atoms with Gasteiger partial charge in [0.25, 0.3) is 0 Å². The molecule has 0 aliphatic carbocycles. The lowest BCUT2D eigenvalue weighted by atomic mass is 10.1. The molecule has 1 aromatic carbocycles. The summed E-state index contributed by atoms with van der Waals surface area (Å²) >= 11 is 0. The highest BCUT2D eigenvalue weighted by Gasteiger charge is 2.25. The second kappa shape index (κ2) is 6.93. The van der Waals surface area contributed by atoms with Gasteiger partial charge >= 0.3 is 0 Å². The van der Waals surface area contributed by atoms with Gasteiger partial charge in [-0.15, -0.1) is 0 Å². The van der Waals surface area contributed by atoms with Crippen LogP contribution in [0, 0.1) is 0 Å². The minimum atomic E-state index is -0.197. The lowest BCUT2D eigenvalue weighted by molar-refractivity contribution is -0.124. The molecule has 0 spiro atoms. The number of rotatable bonds is 4. The molecule has 1 aliphatic rings. The Labute approximate surface area is 146 Å². The number of carbonyl (C=O) groups excluding carboxylic acids is 1. The van der Waals surface area contributed by atoms with Crippen molar-refractivity contribution in [3.63, 3.8) is 0 Å². The normalized spacial score (nSPS) is 17.9. The van der Waals surface area contributed by atoms with Crippen molar-refractivity contribution >= 4 is 5.91 Å². The summed E-state index contributed by atoms with van der Waals surface area (Å²) in [7, 11) is 0. The van der Waals surface area contributed by atoms with Gasteiger partial charge in [-0.05, 0) is 30.9 Å². The molecular formula is C19H21N5O. The summed E-state index contributed by atoms with van der Waals surface area (Å²) in [4.78, 5) is 17.0. The Balaban J connectivity index is 1.72. The molecule has 1 aliphatic heterocycles. The first-order chi connectivity index (χ1) is 12.3. The van der Waals surface area contributed by atoms with Gasteiger partial charge in [-0.2, -0.15) is 5.10 Å². The molecule has 1 atom stereocenters. The molecule has 1 N–H and O–H groups in total. The van der Waals surface area contributed by atoms with Gasteiger partial charge in [-0.3, -0.25) is 9.48 Å². The van der Waals surface area contributed by atoms with E-state index >= 15 is 0 Å². The zero-order valence-corrected chi connectivity index (χ0v) is 14.0. The first-order valence-electron chi connectivity index (χ1n) is 8.69. The molecule has 2 aromatic heterocycles. The molecule has 25 heavy (non-hydrogen) atoms. The molecular weight excluding hydrogens is 314 g/mol. The van der Waals surface area contributed by atoms with Crippen molar-refractivity contribution in [3.8, 4) is 11.4 Å². The number of aromatic nitrogens is 4. The molecule has 6 nitrogen and oxygen atoms in total. The van der Waals surface area contributed by atoms with Crippen molar-refractivity contribution in [1.82, 2.24) is 24.6 Å². The van der Waals surface area contributed by atoms with Crippen LogP contribution < -0.4 is 5.32 Å². The summed E-state index contributed by atoms with van der Waals surface area (Å²) < 4.78 is 3.91. The van der Waals surface area contributed by atoms with Crippen LogP contribution in [0.15, 0.2) is 55.1 Å². The van der Waals surface area contributed by atoms with Gasteiger partial charge in [0, 0.05) is 36.9 Å². The van der Waals surface area contributed by atoms with Crippen molar-refractivity contribution in [2.45, 2.75) is 31.8 Å². The number of hydrogen-bond acceptors (Lipinski definition) is 3. The van der Waals surface area contributed by atoms with E-state index < -0.39 is 0 Å². The van der Waals surface area contributed by atoms with Crippen molar-refractivity contribution in [3.05, 3.63) is 60.7 Å². The Morgan fingerprint density at radius 3 is 2.92 bits per heavy atom. The first kappa shape index (κ1) is 15.6. The van der Waals surface area contributed by atoms with Gasteiger partial charge in [0.05, 0.1) is 6.54 Å². The van der Waals surface area contributed by atoms with Gasteiger partial charge in [-0.25, -0.2) is 4.98 Å². The molecule has 1 saturated heterocycles. The van der Waals surface area contributed by atoms with Crippen LogP contribution in [0.2, 0.25) is 0 Å². The van der Waals surface area contributed by atoms with E-state index in [2.05, 4.69) is 27.5 Å². The maximum absolute atomic E-state index is 12.5. The fraction of sp³-hybridized carbons (Fsp3) is 0.316. The smallest absolute Gasteiger partial charge is 0.243 e. The maximum Gasteiger partial charge on any atom is 0.243 e. The summed E-state index contributed by atoms with van der Waals surface area (Å²) in [5.74, 6) is 0.922. The van der Waals surface area contributed by atoms with E-state index in [1.54, 1.807) is 12.4 Å². The van der Waals surface area contributed by atoms with Gasteiger partial charge in [-0.1, -0.05) is 24.3 Å². The molecule has 3 aromatic rings. The second-order valence-corrected chi connectivity index (χ2v) is 6.32. The molecule has 128 valence electrons. The van der Waals surface area contributed by atoms with Crippen molar-refractivity contribution in [1.29, 1.82) is 0 Å². The minimum Gasteiger partial charge on any atom is -0.354 e. The number of hydrogen-bond donors (Lipinski definition) is 1. The monoisotopic (exact) mass is 335 g/mol. The minimum absolute atomic E-state index is 0.0845. The van der Waals surface area contributed by atoms with Crippen molar-refractivity contribution < 1.29 is 4.79 Å². The highest BCUT2D eigenvalue weighted by atomic mass is 16.2. The highest BCUT2D eigenvalue weighted by molar-refractivity contribution is 5.81. The molecule has 6 heteroatoms. The van der Waals surface area contributed by atoms with Crippen LogP contribution in [-0.2, 0) is 11.3 Å². The van der Waals surface area contributed by atoms with Crippen LogP contribution in [-0.4, -0.2) is 31.8 Å². The first-order valence-corrected chi connectivity index (χ1v) is 8.69. The van der Waals surface area contributed by atoms with E-state index in [-0.39, 0.29) is 11.9 Å². The van der Waals surface area contributed by atoms with E-state index in [4.69, 9.17) is 0 Å². The molecule has 0 saturated carbocycles. The zero-order valence-electron chi connectivity index (χ0n) is 14.0. The summed E-state index contributed by atoms with van der Waals surface area (Å²) in [5, 5.41) is 7.31. The van der Waals surface area contributed by atoms with Gasteiger partial charge in [0.2, 0.25) is 5.91 Å². The fourth-order valence-corrected chi connectivity index (χ4v) is 3.41. The number of nitrogens with zero attached hydrogens (tertiary/aromatic N) is 4. The fourth-order valence-electron chi connectivity index (χ4n) is 3.41. The molecule has 0 radical (unpaired) electrons. The predicted molar refractivity (Wildman–Crippen MR) is 94.9 cm³/mol. The molecule has 3 heterocycles. The number of benzene rings is 1. The Bertz CT molecular complexity index is 852. The highest BCUT2D eigenvalue weighted by Crippen LogP contribution is 2.28. The van der Waals surface area contributed by atoms with E-state index in [1.165, 1.54) is 0 Å². The van der Waals surface area contributed by atoms with Crippen LogP contribution in [0.1, 0.15) is 30.9 Å². The molecule has 0 bridgehead atoms. The lowest BCUT2D eigenvalue weighted by Crippen LogP contribution is -2.31. The third kappa shape index (κ3) is 3.20. The number of nitrogens with one attached hydrogen (secondary N) is 1. The van der Waals surface area contributed by atoms with Gasteiger partial charge in [0.15, 0.2) is 0 Å². The number of imidazole rings is 1. The Morgan fingerprint density at radius 2 is 2.04 bits per heavy atom. The average Bonchev–Trinajstić information content (AvgIpc) is 3.26. The van der Waals surface area contributed by atoms with E-state index in [0.717, 1.165) is 42.8 Å². The predicted octanol–water partition coefficient (Wildman–Crippen LogP) is 2.64. The topological polar surface area (TPSA) is 64.7 Å². The maximum atomic E-state index is 12.5. The van der Waals surface area contributed by atoms with Crippen molar-refractivity contribution in [2.24, 2.45) is 0 Å². The van der Waals surface area contributed by atoms with Crippen LogP contribution in [0.5, 0.6) is 0 Å². The Hall–Kier alpha value is -2.89. The number of amides is 1. The summed E-state index contributed by atoms with van der Waals surface area (Å²) in [5.41, 5.74) is 2.17. The molecule has 4 rings (SSSR count). The van der Waals surface area contributed by atoms with Crippen LogP contribution in [0.25, 0.3) is 11.4 Å². The van der Waals surface area contributed by atoms with E-state index in [0.29, 0.717) is 6.54 Å². The molecule has 1 fully saturated rings. The average molecular weight is 335 g/mol. The largest absolute Gasteiger partial charge is 0.354 e. The van der Waals surface area contributed by atoms with E-state index in [9.17, 15) is 4.79 Å². The Kier molecular flexibility index (Phi) is 4.33. The second-order valence-electron chi connectivity index (χ2n) is 6.32. The molecule has 1 amide bonds. The summed E-state index contributed by atoms with van der Waals surface area (Å²) in [6, 6.07) is 9.90. The van der Waals surface area contributed by atoms with Crippen LogP contribution >= 0.6 is 0 Å². The van der Waals surface area contributed by atoms with E-state index in [1.807, 2.05) is 39.8 Å². The van der Waals surface area contributed by atoms with Crippen LogP contribution in [0.4, 0.5) is 0 Å². The third-order valence-electron chi connectivity index (χ3n) is 4.66. The third-order valence-corrected chi connectivity index (χ3v) is 4.66. The van der Waals surface area contributed by atoms with Crippen LogP contribution in [0.3, 0.4) is 0 Å².